The van der Waals surface area contributed by atoms with Crippen molar-refractivity contribution in [3.63, 3.8) is 0 Å². The van der Waals surface area contributed by atoms with E-state index in [-0.39, 0.29) is 0 Å². The van der Waals surface area contributed by atoms with Gasteiger partial charge in [-0.05, 0) is 26.0 Å². The highest BCUT2D eigenvalue weighted by atomic mass is 16.5. The lowest BCUT2D eigenvalue weighted by Crippen LogP contribution is -2.00. The van der Waals surface area contributed by atoms with Crippen molar-refractivity contribution in [2.75, 3.05) is 13.2 Å². The third kappa shape index (κ3) is 3.01. The molecule has 0 saturated heterocycles. The molecule has 12 heavy (non-hydrogen) atoms. The molecule has 0 atom stereocenters. The van der Waals surface area contributed by atoms with Crippen LogP contribution >= 0.6 is 0 Å². The first-order valence-corrected chi connectivity index (χ1v) is 4.33. The third-order valence-electron chi connectivity index (χ3n) is 1.65. The lowest BCUT2D eigenvalue weighted by atomic mass is 10.2. The average molecular weight is 165 g/mol. The van der Waals surface area contributed by atoms with Gasteiger partial charge in [0.1, 0.15) is 0 Å². The van der Waals surface area contributed by atoms with E-state index in [9.17, 15) is 0 Å². The van der Waals surface area contributed by atoms with Gasteiger partial charge in [0.2, 0.25) is 0 Å². The molecule has 0 spiro atoms. The zero-order valence-electron chi connectivity index (χ0n) is 7.71. The summed E-state index contributed by atoms with van der Waals surface area (Å²) in [7, 11) is 0. The molecule has 0 fully saturated rings. The summed E-state index contributed by atoms with van der Waals surface area (Å²) in [4.78, 5) is 4.36. The van der Waals surface area contributed by atoms with Crippen LogP contribution in [0.4, 0.5) is 0 Å². The molecule has 1 rings (SSSR count). The van der Waals surface area contributed by atoms with Gasteiger partial charge in [-0.15, -0.1) is 0 Å². The van der Waals surface area contributed by atoms with Gasteiger partial charge in [0.05, 0.1) is 6.61 Å². The van der Waals surface area contributed by atoms with E-state index in [0.29, 0.717) is 0 Å². The van der Waals surface area contributed by atoms with Gasteiger partial charge >= 0.3 is 0 Å². The van der Waals surface area contributed by atoms with Gasteiger partial charge in [-0.3, -0.25) is 4.98 Å². The number of hydrogen-bond acceptors (Lipinski definition) is 2. The molecule has 1 heterocycles. The molecule has 0 N–H and O–H groups in total. The zero-order chi connectivity index (χ0) is 8.81. The molecule has 0 aromatic carbocycles. The molecule has 0 amide bonds. The Balaban J connectivity index is 2.41. The number of pyridine rings is 1. The van der Waals surface area contributed by atoms with Crippen molar-refractivity contribution in [1.82, 2.24) is 4.98 Å². The second-order valence-electron chi connectivity index (χ2n) is 2.72. The molecule has 0 unspecified atom stereocenters. The normalized spacial score (nSPS) is 10.2. The average Bonchev–Trinajstić information content (AvgIpc) is 2.05. The largest absolute Gasteiger partial charge is 0.381 e. The number of hydrogen-bond donors (Lipinski definition) is 0. The monoisotopic (exact) mass is 165 g/mol. The molecule has 2 heteroatoms. The van der Waals surface area contributed by atoms with Crippen molar-refractivity contribution < 1.29 is 4.74 Å². The predicted molar refractivity (Wildman–Crippen MR) is 49.2 cm³/mol. The first-order chi connectivity index (χ1) is 5.83. The minimum absolute atomic E-state index is 0.771. The summed E-state index contributed by atoms with van der Waals surface area (Å²) in [6, 6.07) is 6.07. The van der Waals surface area contributed by atoms with Crippen LogP contribution in [0.25, 0.3) is 0 Å². The molecule has 0 radical (unpaired) electrons. The minimum atomic E-state index is 0.771. The SMILES string of the molecule is CCOCCc1cccc(C)n1. The second kappa shape index (κ2) is 4.88. The fraction of sp³-hybridized carbons (Fsp3) is 0.500. The van der Waals surface area contributed by atoms with Crippen LogP contribution in [0.1, 0.15) is 18.3 Å². The highest BCUT2D eigenvalue weighted by Gasteiger charge is 1.93. The second-order valence-corrected chi connectivity index (χ2v) is 2.72. The van der Waals surface area contributed by atoms with Crippen LogP contribution in [-0.4, -0.2) is 18.2 Å². The van der Waals surface area contributed by atoms with Gasteiger partial charge in [-0.2, -0.15) is 0 Å². The Morgan fingerprint density at radius 2 is 2.25 bits per heavy atom. The lowest BCUT2D eigenvalue weighted by Gasteiger charge is -2.01. The quantitative estimate of drug-likeness (QED) is 0.636. The Kier molecular flexibility index (Phi) is 3.74. The van der Waals surface area contributed by atoms with Gasteiger partial charge in [0, 0.05) is 24.4 Å². The first-order valence-electron chi connectivity index (χ1n) is 4.33. The van der Waals surface area contributed by atoms with Crippen LogP contribution in [0.5, 0.6) is 0 Å². The van der Waals surface area contributed by atoms with E-state index < -0.39 is 0 Å². The highest BCUT2D eigenvalue weighted by molar-refractivity contribution is 5.09. The molecular weight excluding hydrogens is 150 g/mol. The number of nitrogens with zero attached hydrogens (tertiary/aromatic N) is 1. The maximum absolute atomic E-state index is 5.24. The molecule has 0 aliphatic heterocycles. The minimum Gasteiger partial charge on any atom is -0.381 e. The zero-order valence-corrected chi connectivity index (χ0v) is 7.71. The van der Waals surface area contributed by atoms with E-state index in [1.807, 2.05) is 32.0 Å². The Morgan fingerprint density at radius 3 is 2.92 bits per heavy atom. The van der Waals surface area contributed by atoms with E-state index in [0.717, 1.165) is 31.0 Å². The Hall–Kier alpha value is -0.890. The fourth-order valence-corrected chi connectivity index (χ4v) is 1.06. The molecule has 0 aliphatic rings. The van der Waals surface area contributed by atoms with E-state index in [4.69, 9.17) is 4.74 Å². The summed E-state index contributed by atoms with van der Waals surface area (Å²) in [5.74, 6) is 0. The van der Waals surface area contributed by atoms with Crippen molar-refractivity contribution in [2.45, 2.75) is 20.3 Å². The molecule has 0 saturated carbocycles. The molecule has 66 valence electrons. The number of aromatic nitrogens is 1. The van der Waals surface area contributed by atoms with Crippen LogP contribution in [-0.2, 0) is 11.2 Å². The summed E-state index contributed by atoms with van der Waals surface area (Å²) in [5, 5.41) is 0. The maximum Gasteiger partial charge on any atom is 0.0521 e. The molecule has 0 bridgehead atoms. The summed E-state index contributed by atoms with van der Waals surface area (Å²) < 4.78 is 5.24. The lowest BCUT2D eigenvalue weighted by molar-refractivity contribution is 0.150. The van der Waals surface area contributed by atoms with E-state index in [1.54, 1.807) is 0 Å². The summed E-state index contributed by atoms with van der Waals surface area (Å²) in [5.41, 5.74) is 2.19. The van der Waals surface area contributed by atoms with Gasteiger partial charge < -0.3 is 4.74 Å². The molecule has 2 nitrogen and oxygen atoms in total. The van der Waals surface area contributed by atoms with Crippen LogP contribution in [0.2, 0.25) is 0 Å². The summed E-state index contributed by atoms with van der Waals surface area (Å²) in [6.07, 6.45) is 0.912. The van der Waals surface area contributed by atoms with E-state index in [1.165, 1.54) is 0 Å². The Bertz CT molecular complexity index is 235. The summed E-state index contributed by atoms with van der Waals surface area (Å²) in [6.45, 7) is 5.56. The van der Waals surface area contributed by atoms with Gasteiger partial charge in [-0.1, -0.05) is 6.07 Å². The number of aryl methyl sites for hydroxylation is 1. The molecule has 1 aromatic heterocycles. The van der Waals surface area contributed by atoms with Crippen LogP contribution in [0.3, 0.4) is 0 Å². The van der Waals surface area contributed by atoms with Crippen LogP contribution in [0, 0.1) is 6.92 Å². The van der Waals surface area contributed by atoms with Gasteiger partial charge in [0.15, 0.2) is 0 Å². The van der Waals surface area contributed by atoms with Crippen molar-refractivity contribution in [3.8, 4) is 0 Å². The molecular formula is C10H15NO. The van der Waals surface area contributed by atoms with Crippen LogP contribution < -0.4 is 0 Å². The number of ether oxygens (including phenoxy) is 1. The standard InChI is InChI=1S/C10H15NO/c1-3-12-8-7-10-6-4-5-9(2)11-10/h4-6H,3,7-8H2,1-2H3. The predicted octanol–water partition coefficient (Wildman–Crippen LogP) is 1.97. The van der Waals surface area contributed by atoms with Crippen LogP contribution in [0.15, 0.2) is 18.2 Å². The fourth-order valence-electron chi connectivity index (χ4n) is 1.06. The third-order valence-corrected chi connectivity index (χ3v) is 1.65. The van der Waals surface area contributed by atoms with Crippen molar-refractivity contribution in [1.29, 1.82) is 0 Å². The van der Waals surface area contributed by atoms with Crippen molar-refractivity contribution in [2.24, 2.45) is 0 Å². The number of rotatable bonds is 4. The van der Waals surface area contributed by atoms with Gasteiger partial charge in [-0.25, -0.2) is 0 Å². The van der Waals surface area contributed by atoms with E-state index >= 15 is 0 Å². The summed E-state index contributed by atoms with van der Waals surface area (Å²) >= 11 is 0. The smallest absolute Gasteiger partial charge is 0.0521 e. The topological polar surface area (TPSA) is 22.1 Å². The first kappa shape index (κ1) is 9.20. The van der Waals surface area contributed by atoms with E-state index in [2.05, 4.69) is 4.98 Å². The maximum atomic E-state index is 5.24. The molecule has 0 aliphatic carbocycles. The highest BCUT2D eigenvalue weighted by Crippen LogP contribution is 1.98. The van der Waals surface area contributed by atoms with Crippen molar-refractivity contribution >= 4 is 0 Å². The molecule has 1 aromatic rings. The Morgan fingerprint density at radius 1 is 1.42 bits per heavy atom. The Labute approximate surface area is 73.6 Å². The van der Waals surface area contributed by atoms with Crippen molar-refractivity contribution in [3.05, 3.63) is 29.6 Å². The van der Waals surface area contributed by atoms with Gasteiger partial charge in [0.25, 0.3) is 0 Å².